The fourth-order valence-corrected chi connectivity index (χ4v) is 8.11. The number of fused-ring (bicyclic) bond motifs is 3. The third-order valence-electron chi connectivity index (χ3n) is 11.8. The number of aromatic nitrogens is 1. The van der Waals surface area contributed by atoms with Crippen molar-refractivity contribution in [3.8, 4) is 21.7 Å². The Morgan fingerprint density at radius 2 is 1.55 bits per heavy atom. The maximum Gasteiger partial charge on any atom is 0.164 e. The quantitative estimate of drug-likeness (QED) is 0.0799. The van der Waals surface area contributed by atoms with Gasteiger partial charge in [-0.1, -0.05) is 105 Å². The molecule has 1 N–H and O–H groups in total. The molecule has 4 nitrogen and oxygen atoms in total. The smallest absolute Gasteiger partial charge is 0.164 e. The van der Waals surface area contributed by atoms with Crippen LogP contribution in [0.2, 0.25) is 0 Å². The van der Waals surface area contributed by atoms with Crippen LogP contribution in [0.3, 0.4) is 0 Å². The van der Waals surface area contributed by atoms with Gasteiger partial charge in [-0.05, 0) is 90.8 Å². The molecule has 0 saturated heterocycles. The Labute approximate surface area is 347 Å². The molecule has 3 aromatic heterocycles. The van der Waals surface area contributed by atoms with Gasteiger partial charge in [0, 0.05) is 70.3 Å². The number of furan rings is 1. The van der Waals surface area contributed by atoms with Crippen molar-refractivity contribution < 1.29 is 34.4 Å². The van der Waals surface area contributed by atoms with Gasteiger partial charge in [0.15, 0.2) is 5.78 Å². The normalized spacial score (nSPS) is 12.6. The molecule has 3 heterocycles. The van der Waals surface area contributed by atoms with Gasteiger partial charge in [0.25, 0.3) is 0 Å². The molecule has 0 saturated carbocycles. The number of hydrogen-bond acceptors (Lipinski definition) is 5. The number of thiophene rings is 1. The van der Waals surface area contributed by atoms with Gasteiger partial charge < -0.3 is 9.52 Å². The zero-order valence-electron chi connectivity index (χ0n) is 35.0. The predicted molar refractivity (Wildman–Crippen MR) is 232 cm³/mol. The molecule has 0 unspecified atom stereocenters. The molecule has 0 aliphatic heterocycles. The van der Waals surface area contributed by atoms with Crippen molar-refractivity contribution in [2.75, 3.05) is 0 Å². The van der Waals surface area contributed by atoms with Gasteiger partial charge in [-0.3, -0.25) is 9.78 Å². The number of ketones is 1. The second-order valence-corrected chi connectivity index (χ2v) is 18.0. The van der Waals surface area contributed by atoms with Gasteiger partial charge in [-0.25, -0.2) is 0 Å². The van der Waals surface area contributed by atoms with Crippen molar-refractivity contribution in [3.05, 3.63) is 102 Å². The Morgan fingerprint density at radius 1 is 0.891 bits per heavy atom. The van der Waals surface area contributed by atoms with Crippen LogP contribution in [-0.4, -0.2) is 15.9 Å². The van der Waals surface area contributed by atoms with Crippen LogP contribution in [0.15, 0.2) is 83.1 Å². The molecule has 0 atom stereocenters. The Morgan fingerprint density at radius 3 is 2.16 bits per heavy atom. The number of aliphatic hydroxyl groups is 1. The summed E-state index contributed by atoms with van der Waals surface area (Å²) in [5, 5.41) is 15.0. The number of carbonyl (C=O) groups excluding carboxylic acids is 1. The molecule has 3 aromatic carbocycles. The third-order valence-corrected chi connectivity index (χ3v) is 13.0. The molecular formula is C49H60IrNO3S-. The molecule has 1 radical (unpaired) electrons. The van der Waals surface area contributed by atoms with E-state index in [1.54, 1.807) is 0 Å². The summed E-state index contributed by atoms with van der Waals surface area (Å²) >= 11 is 1.81. The minimum absolute atomic E-state index is 0. The molecular weight excluding hydrogens is 875 g/mol. The first-order chi connectivity index (χ1) is 25.5. The van der Waals surface area contributed by atoms with Gasteiger partial charge in [-0.15, -0.1) is 40.5 Å². The number of benzene rings is 3. The largest absolute Gasteiger partial charge is 0.512 e. The molecule has 0 spiro atoms. The zero-order valence-corrected chi connectivity index (χ0v) is 38.2. The molecule has 0 bridgehead atoms. The fraction of sp³-hybridized carbons (Fsp3) is 0.429. The van der Waals surface area contributed by atoms with Crippen molar-refractivity contribution >= 4 is 48.9 Å². The van der Waals surface area contributed by atoms with E-state index in [4.69, 9.17) is 9.40 Å². The molecule has 0 aliphatic carbocycles. The third kappa shape index (κ3) is 9.36. The standard InChI is InChI=1S/C34H32NOS.C15H28O2.Ir/c1-20(2)15-30-21(3)27-17-23(11-12-29(27)36-30)31-19-24-13-14-35-32(33(24)37-31)25-16-22-9-7-8-10-26(22)28(18-25)34(4,5)6;1-7-14(5,8-2)12(16)11-13(17)15(6,9-3)10-4;/h7-14,17-20H,15H2,1-6H3;11,16H,7-10H2,1-6H3;/q-1;;/b;12-11-;. The van der Waals surface area contributed by atoms with E-state index in [-0.39, 0.29) is 47.9 Å². The fourth-order valence-electron chi connectivity index (χ4n) is 6.95. The van der Waals surface area contributed by atoms with Crippen molar-refractivity contribution in [2.45, 2.75) is 121 Å². The maximum atomic E-state index is 12.2. The number of hydrogen-bond donors (Lipinski definition) is 1. The van der Waals surface area contributed by atoms with Crippen LogP contribution in [-0.2, 0) is 36.7 Å². The number of aliphatic hydroxyl groups excluding tert-OH is 1. The van der Waals surface area contributed by atoms with Crippen LogP contribution in [0.4, 0.5) is 0 Å². The van der Waals surface area contributed by atoms with Gasteiger partial charge >= 0.3 is 0 Å². The second kappa shape index (κ2) is 17.7. The van der Waals surface area contributed by atoms with Crippen molar-refractivity contribution in [1.82, 2.24) is 4.98 Å². The van der Waals surface area contributed by atoms with Crippen LogP contribution in [0.25, 0.3) is 53.5 Å². The predicted octanol–water partition coefficient (Wildman–Crippen LogP) is 14.8. The molecule has 55 heavy (non-hydrogen) atoms. The van der Waals surface area contributed by atoms with Gasteiger partial charge in [0.2, 0.25) is 0 Å². The number of rotatable bonds is 11. The van der Waals surface area contributed by atoms with E-state index in [0.717, 1.165) is 60.1 Å². The second-order valence-electron chi connectivity index (χ2n) is 17.0. The van der Waals surface area contributed by atoms with E-state index in [9.17, 15) is 9.90 Å². The monoisotopic (exact) mass is 935 g/mol. The minimum atomic E-state index is -0.337. The average Bonchev–Trinajstić information content (AvgIpc) is 3.73. The number of aryl methyl sites for hydroxylation is 1. The number of allylic oxidation sites excluding steroid dienone is 2. The van der Waals surface area contributed by atoms with Gasteiger partial charge in [0.05, 0.1) is 0 Å². The molecule has 0 amide bonds. The average molecular weight is 935 g/mol. The van der Waals surface area contributed by atoms with Crippen molar-refractivity contribution in [1.29, 1.82) is 0 Å². The molecule has 0 aliphatic rings. The van der Waals surface area contributed by atoms with E-state index < -0.39 is 0 Å². The Bertz CT molecular complexity index is 2290. The zero-order chi connectivity index (χ0) is 39.6. The van der Waals surface area contributed by atoms with E-state index in [1.165, 1.54) is 48.5 Å². The maximum absolute atomic E-state index is 12.2. The van der Waals surface area contributed by atoms with Crippen molar-refractivity contribution in [2.24, 2.45) is 16.7 Å². The topological polar surface area (TPSA) is 63.3 Å². The molecule has 0 fully saturated rings. The van der Waals surface area contributed by atoms with E-state index >= 15 is 0 Å². The van der Waals surface area contributed by atoms with Crippen LogP contribution >= 0.6 is 11.3 Å². The number of nitrogens with zero attached hydrogens (tertiary/aromatic N) is 1. The molecule has 6 rings (SSSR count). The summed E-state index contributed by atoms with van der Waals surface area (Å²) in [5.41, 5.74) is 6.25. The van der Waals surface area contributed by atoms with E-state index in [1.807, 2.05) is 59.1 Å². The van der Waals surface area contributed by atoms with Crippen LogP contribution in [0.1, 0.15) is 119 Å². The van der Waals surface area contributed by atoms with Gasteiger partial charge in [-0.2, -0.15) is 0 Å². The Hall–Kier alpha value is -3.57. The molecule has 6 aromatic rings. The number of pyridine rings is 1. The summed E-state index contributed by atoms with van der Waals surface area (Å²) in [6.45, 7) is 25.6. The van der Waals surface area contributed by atoms with Crippen LogP contribution in [0.5, 0.6) is 0 Å². The minimum Gasteiger partial charge on any atom is -0.512 e. The summed E-state index contributed by atoms with van der Waals surface area (Å²) in [4.78, 5) is 18.3. The summed E-state index contributed by atoms with van der Waals surface area (Å²) in [5.74, 6) is 1.96. The van der Waals surface area contributed by atoms with E-state index in [0.29, 0.717) is 5.92 Å². The Balaban J connectivity index is 0.000000320. The summed E-state index contributed by atoms with van der Waals surface area (Å²) < 4.78 is 7.40. The Kier molecular flexibility index (Phi) is 14.2. The molecule has 6 heteroatoms. The first-order valence-electron chi connectivity index (χ1n) is 19.8. The number of carbonyl (C=O) groups is 1. The SMILES string of the molecule is CCC(C)(CC)C(=O)/C=C(\O)C(C)(CC)CC.Cc1c(CC(C)C)oc2ccc(-c3cc4ccnc(-c5[c-]c6ccccc6c(C(C)(C)C)c5)c4s3)cc12.[Ir]. The first-order valence-corrected chi connectivity index (χ1v) is 20.6. The van der Waals surface area contributed by atoms with Crippen LogP contribution < -0.4 is 0 Å². The molecule has 295 valence electrons. The van der Waals surface area contributed by atoms with Crippen molar-refractivity contribution in [3.63, 3.8) is 0 Å². The summed E-state index contributed by atoms with van der Waals surface area (Å²) in [7, 11) is 0. The van der Waals surface area contributed by atoms with Gasteiger partial charge in [0.1, 0.15) is 17.1 Å². The van der Waals surface area contributed by atoms with Crippen LogP contribution in [0, 0.1) is 29.7 Å². The summed E-state index contributed by atoms with van der Waals surface area (Å²) in [6.07, 6.45) is 7.65. The first kappa shape index (κ1) is 44.1. The van der Waals surface area contributed by atoms with E-state index in [2.05, 4.69) is 108 Å². The summed E-state index contributed by atoms with van der Waals surface area (Å²) in [6, 6.07) is 25.5.